The second-order valence-electron chi connectivity index (χ2n) is 7.74. The fraction of sp³-hybridized carbons (Fsp3) is 1.00. The summed E-state index contributed by atoms with van der Waals surface area (Å²) < 4.78 is 0. The molecule has 2 nitrogen and oxygen atoms in total. The topological polar surface area (TPSA) is 23.5 Å². The third-order valence-electron chi connectivity index (χ3n) is 5.65. The third kappa shape index (κ3) is 3.08. The van der Waals surface area contributed by atoms with Crippen molar-refractivity contribution in [2.75, 3.05) is 13.1 Å². The lowest BCUT2D eigenvalue weighted by Gasteiger charge is -2.48. The number of rotatable bonds is 2. The third-order valence-corrected chi connectivity index (χ3v) is 5.65. The quantitative estimate of drug-likeness (QED) is 0.815. The molecule has 1 saturated heterocycles. The van der Waals surface area contributed by atoms with E-state index >= 15 is 0 Å². The molecule has 0 aromatic rings. The van der Waals surface area contributed by atoms with Crippen LogP contribution in [0.15, 0.2) is 0 Å². The molecular formula is C16H31NO. The van der Waals surface area contributed by atoms with Crippen LogP contribution in [-0.4, -0.2) is 35.2 Å². The predicted molar refractivity (Wildman–Crippen MR) is 76.6 cm³/mol. The molecule has 2 unspecified atom stereocenters. The first-order valence-corrected chi connectivity index (χ1v) is 7.77. The molecule has 2 aliphatic rings. The Bertz CT molecular complexity index is 279. The first kappa shape index (κ1) is 14.3. The van der Waals surface area contributed by atoms with Crippen molar-refractivity contribution in [3.8, 4) is 0 Å². The summed E-state index contributed by atoms with van der Waals surface area (Å²) in [5.74, 6) is 0. The molecule has 2 rings (SSSR count). The van der Waals surface area contributed by atoms with Gasteiger partial charge in [-0.15, -0.1) is 0 Å². The number of nitrogens with zero attached hydrogens (tertiary/aromatic N) is 1. The van der Waals surface area contributed by atoms with E-state index in [1.165, 1.54) is 38.8 Å². The van der Waals surface area contributed by atoms with Crippen molar-refractivity contribution in [2.45, 2.75) is 78.4 Å². The summed E-state index contributed by atoms with van der Waals surface area (Å²) in [6.07, 6.45) is 7.12. The van der Waals surface area contributed by atoms with Crippen LogP contribution in [0.2, 0.25) is 0 Å². The highest BCUT2D eigenvalue weighted by Crippen LogP contribution is 2.40. The zero-order chi connectivity index (χ0) is 13.4. The summed E-state index contributed by atoms with van der Waals surface area (Å²) in [5, 5.41) is 10.3. The zero-order valence-electron chi connectivity index (χ0n) is 12.7. The van der Waals surface area contributed by atoms with Gasteiger partial charge in [0, 0.05) is 6.04 Å². The van der Waals surface area contributed by atoms with Crippen LogP contribution in [-0.2, 0) is 0 Å². The summed E-state index contributed by atoms with van der Waals surface area (Å²) in [6.45, 7) is 11.8. The van der Waals surface area contributed by atoms with E-state index in [1.54, 1.807) is 0 Å². The lowest BCUT2D eigenvalue weighted by atomic mass is 9.72. The highest BCUT2D eigenvalue weighted by molar-refractivity contribution is 4.93. The van der Waals surface area contributed by atoms with E-state index in [4.69, 9.17) is 0 Å². The molecule has 2 heteroatoms. The van der Waals surface area contributed by atoms with Crippen molar-refractivity contribution in [1.29, 1.82) is 0 Å². The summed E-state index contributed by atoms with van der Waals surface area (Å²) in [5.41, 5.74) is 0.959. The lowest BCUT2D eigenvalue weighted by Crippen LogP contribution is -2.52. The minimum Gasteiger partial charge on any atom is -0.391 e. The second-order valence-corrected chi connectivity index (χ2v) is 7.74. The second kappa shape index (κ2) is 5.13. The van der Waals surface area contributed by atoms with Crippen LogP contribution in [0.3, 0.4) is 0 Å². The van der Waals surface area contributed by atoms with E-state index in [0.717, 1.165) is 12.8 Å². The number of hydrogen-bond acceptors (Lipinski definition) is 2. The smallest absolute Gasteiger partial charge is 0.0695 e. The molecule has 106 valence electrons. The van der Waals surface area contributed by atoms with Gasteiger partial charge in [0.1, 0.15) is 0 Å². The van der Waals surface area contributed by atoms with Crippen molar-refractivity contribution >= 4 is 0 Å². The summed E-state index contributed by atoms with van der Waals surface area (Å²) in [6, 6.07) is 0.412. The van der Waals surface area contributed by atoms with E-state index < -0.39 is 0 Å². The molecule has 2 fully saturated rings. The lowest BCUT2D eigenvalue weighted by molar-refractivity contribution is -0.0383. The molecule has 0 bridgehead atoms. The standard InChI is InChI=1S/C16H31NO/c1-5-16(4)8-10-17(11-9-16)13-12-15(2,3)7-6-14(13)18/h13-14,18H,5-12H2,1-4H3. The highest BCUT2D eigenvalue weighted by atomic mass is 16.3. The average molecular weight is 253 g/mol. The fourth-order valence-corrected chi connectivity index (χ4v) is 3.66. The molecule has 0 amide bonds. The minimum absolute atomic E-state index is 0.0935. The van der Waals surface area contributed by atoms with Crippen molar-refractivity contribution in [3.63, 3.8) is 0 Å². The molecule has 0 aromatic heterocycles. The van der Waals surface area contributed by atoms with Crippen molar-refractivity contribution in [1.82, 2.24) is 4.90 Å². The molecule has 1 aliphatic heterocycles. The predicted octanol–water partition coefficient (Wildman–Crippen LogP) is 3.44. The highest BCUT2D eigenvalue weighted by Gasteiger charge is 2.39. The van der Waals surface area contributed by atoms with E-state index in [1.807, 2.05) is 0 Å². The van der Waals surface area contributed by atoms with Crippen LogP contribution in [0.4, 0.5) is 0 Å². The van der Waals surface area contributed by atoms with E-state index in [9.17, 15) is 5.11 Å². The van der Waals surface area contributed by atoms with Crippen LogP contribution in [0.1, 0.15) is 66.2 Å². The van der Waals surface area contributed by atoms with Crippen molar-refractivity contribution in [3.05, 3.63) is 0 Å². The van der Waals surface area contributed by atoms with Gasteiger partial charge in [0.15, 0.2) is 0 Å². The van der Waals surface area contributed by atoms with Gasteiger partial charge < -0.3 is 5.11 Å². The van der Waals surface area contributed by atoms with E-state index in [2.05, 4.69) is 32.6 Å². The summed E-state index contributed by atoms with van der Waals surface area (Å²) in [7, 11) is 0. The first-order chi connectivity index (χ1) is 8.35. The van der Waals surface area contributed by atoms with Crippen molar-refractivity contribution < 1.29 is 5.11 Å². The molecule has 2 atom stereocenters. The monoisotopic (exact) mass is 253 g/mol. The number of piperidine rings is 1. The maximum atomic E-state index is 10.3. The first-order valence-electron chi connectivity index (χ1n) is 7.77. The number of aliphatic hydroxyl groups excluding tert-OH is 1. The number of aliphatic hydroxyl groups is 1. The Morgan fingerprint density at radius 3 is 2.28 bits per heavy atom. The van der Waals surface area contributed by atoms with Crippen LogP contribution in [0.25, 0.3) is 0 Å². The van der Waals surface area contributed by atoms with Gasteiger partial charge in [0.25, 0.3) is 0 Å². The van der Waals surface area contributed by atoms with Gasteiger partial charge in [0.05, 0.1) is 6.10 Å². The molecule has 0 aromatic carbocycles. The van der Waals surface area contributed by atoms with Gasteiger partial charge in [-0.3, -0.25) is 4.90 Å². The molecule has 0 spiro atoms. The molecule has 1 saturated carbocycles. The number of likely N-dealkylation sites (tertiary alicyclic amines) is 1. The molecule has 1 aliphatic carbocycles. The normalized spacial score (nSPS) is 36.5. The number of hydrogen-bond donors (Lipinski definition) is 1. The Hall–Kier alpha value is -0.0800. The van der Waals surface area contributed by atoms with Gasteiger partial charge >= 0.3 is 0 Å². The SMILES string of the molecule is CCC1(C)CCN(C2CC(C)(C)CCC2O)CC1. The zero-order valence-corrected chi connectivity index (χ0v) is 12.7. The van der Waals surface area contributed by atoms with Crippen LogP contribution >= 0.6 is 0 Å². The molecule has 1 N–H and O–H groups in total. The fourth-order valence-electron chi connectivity index (χ4n) is 3.66. The summed E-state index contributed by atoms with van der Waals surface area (Å²) in [4.78, 5) is 2.57. The van der Waals surface area contributed by atoms with Crippen molar-refractivity contribution in [2.24, 2.45) is 10.8 Å². The molecule has 1 heterocycles. The van der Waals surface area contributed by atoms with E-state index in [0.29, 0.717) is 16.9 Å². The van der Waals surface area contributed by atoms with Gasteiger partial charge in [-0.1, -0.05) is 34.1 Å². The Kier molecular flexibility index (Phi) is 4.08. The maximum absolute atomic E-state index is 10.3. The summed E-state index contributed by atoms with van der Waals surface area (Å²) >= 11 is 0. The van der Waals surface area contributed by atoms with Gasteiger partial charge in [0.2, 0.25) is 0 Å². The Balaban J connectivity index is 1.96. The van der Waals surface area contributed by atoms with E-state index in [-0.39, 0.29) is 6.10 Å². The Morgan fingerprint density at radius 1 is 1.11 bits per heavy atom. The van der Waals surface area contributed by atoms with Crippen LogP contribution in [0.5, 0.6) is 0 Å². The molecular weight excluding hydrogens is 222 g/mol. The molecule has 18 heavy (non-hydrogen) atoms. The Labute approximate surface area is 113 Å². The molecule has 0 radical (unpaired) electrons. The maximum Gasteiger partial charge on any atom is 0.0695 e. The average Bonchev–Trinajstić information content (AvgIpc) is 2.34. The van der Waals surface area contributed by atoms with Crippen LogP contribution < -0.4 is 0 Å². The van der Waals surface area contributed by atoms with Gasteiger partial charge in [-0.2, -0.15) is 0 Å². The Morgan fingerprint density at radius 2 is 1.72 bits per heavy atom. The van der Waals surface area contributed by atoms with Gasteiger partial charge in [-0.25, -0.2) is 0 Å². The van der Waals surface area contributed by atoms with Crippen LogP contribution in [0, 0.1) is 10.8 Å². The minimum atomic E-state index is -0.0935. The largest absolute Gasteiger partial charge is 0.391 e. The van der Waals surface area contributed by atoms with Gasteiger partial charge in [-0.05, 0) is 56.0 Å².